The van der Waals surface area contributed by atoms with E-state index in [0.29, 0.717) is 42.1 Å². The standard InChI is InChI=1S/C17H18BrN3O4/c1-20-17(23)13(10-19)8-12-2-3-15(14(18)9-12)25-11-16(22)21-4-6-24-7-5-21/h2-3,8-9H,4-7,11H2,1H3,(H,20,23)/b13-8-. The molecule has 7 nitrogen and oxygen atoms in total. The number of likely N-dealkylation sites (N-methyl/N-ethyl adjacent to an activating group) is 1. The van der Waals surface area contributed by atoms with Crippen LogP contribution >= 0.6 is 15.9 Å². The van der Waals surface area contributed by atoms with Crippen molar-refractivity contribution in [3.05, 3.63) is 33.8 Å². The van der Waals surface area contributed by atoms with Gasteiger partial charge in [-0.3, -0.25) is 9.59 Å². The summed E-state index contributed by atoms with van der Waals surface area (Å²) in [6.07, 6.45) is 1.48. The fourth-order valence-electron chi connectivity index (χ4n) is 2.22. The van der Waals surface area contributed by atoms with Gasteiger partial charge in [0.15, 0.2) is 6.61 Å². The lowest BCUT2D eigenvalue weighted by Crippen LogP contribution is -2.43. The molecule has 0 bridgehead atoms. The highest BCUT2D eigenvalue weighted by Gasteiger charge is 2.17. The van der Waals surface area contributed by atoms with Crippen LogP contribution in [0.15, 0.2) is 28.2 Å². The minimum atomic E-state index is -0.449. The Balaban J connectivity index is 2.02. The van der Waals surface area contributed by atoms with Gasteiger partial charge in [-0.15, -0.1) is 0 Å². The van der Waals surface area contributed by atoms with Crippen molar-refractivity contribution >= 4 is 33.8 Å². The van der Waals surface area contributed by atoms with Crippen molar-refractivity contribution in [2.45, 2.75) is 0 Å². The number of amides is 2. The third-order valence-corrected chi connectivity index (χ3v) is 4.19. The number of carbonyl (C=O) groups excluding carboxylic acids is 2. The first-order chi connectivity index (χ1) is 12.0. The molecular weight excluding hydrogens is 390 g/mol. The lowest BCUT2D eigenvalue weighted by atomic mass is 10.1. The maximum absolute atomic E-state index is 12.1. The first-order valence-corrected chi connectivity index (χ1v) is 8.46. The minimum Gasteiger partial charge on any atom is -0.483 e. The van der Waals surface area contributed by atoms with Gasteiger partial charge >= 0.3 is 0 Å². The molecule has 132 valence electrons. The maximum atomic E-state index is 12.1. The number of hydrogen-bond donors (Lipinski definition) is 1. The van der Waals surface area contributed by atoms with Gasteiger partial charge in [0.05, 0.1) is 17.7 Å². The number of nitriles is 1. The van der Waals surface area contributed by atoms with Gasteiger partial charge in [-0.05, 0) is 39.7 Å². The predicted molar refractivity (Wildman–Crippen MR) is 94.7 cm³/mol. The van der Waals surface area contributed by atoms with E-state index in [2.05, 4.69) is 21.2 Å². The lowest BCUT2D eigenvalue weighted by Gasteiger charge is -2.26. The summed E-state index contributed by atoms with van der Waals surface area (Å²) in [6, 6.07) is 6.96. The fourth-order valence-corrected chi connectivity index (χ4v) is 2.73. The van der Waals surface area contributed by atoms with Gasteiger partial charge < -0.3 is 19.7 Å². The second-order valence-corrected chi connectivity index (χ2v) is 6.07. The lowest BCUT2D eigenvalue weighted by molar-refractivity contribution is -0.137. The van der Waals surface area contributed by atoms with Crippen LogP contribution in [0.3, 0.4) is 0 Å². The molecule has 0 spiro atoms. The van der Waals surface area contributed by atoms with Gasteiger partial charge in [0.25, 0.3) is 11.8 Å². The van der Waals surface area contributed by atoms with E-state index in [1.807, 2.05) is 6.07 Å². The quantitative estimate of drug-likeness (QED) is 0.587. The Morgan fingerprint density at radius 2 is 2.16 bits per heavy atom. The summed E-state index contributed by atoms with van der Waals surface area (Å²) in [7, 11) is 1.46. The zero-order valence-electron chi connectivity index (χ0n) is 13.8. The van der Waals surface area contributed by atoms with Crippen LogP contribution in [-0.4, -0.2) is 56.7 Å². The highest BCUT2D eigenvalue weighted by atomic mass is 79.9. The number of hydrogen-bond acceptors (Lipinski definition) is 5. The van der Waals surface area contributed by atoms with Crippen molar-refractivity contribution in [1.82, 2.24) is 10.2 Å². The second-order valence-electron chi connectivity index (χ2n) is 5.22. The van der Waals surface area contributed by atoms with Gasteiger partial charge in [-0.1, -0.05) is 6.07 Å². The van der Waals surface area contributed by atoms with E-state index in [0.717, 1.165) is 0 Å². The van der Waals surface area contributed by atoms with Gasteiger partial charge in [0, 0.05) is 20.1 Å². The summed E-state index contributed by atoms with van der Waals surface area (Å²) in [5, 5.41) is 11.4. The van der Waals surface area contributed by atoms with E-state index in [4.69, 9.17) is 14.7 Å². The Kier molecular flexibility index (Phi) is 6.98. The van der Waals surface area contributed by atoms with Crippen LogP contribution in [-0.2, 0) is 14.3 Å². The molecule has 8 heteroatoms. The van der Waals surface area contributed by atoms with E-state index < -0.39 is 5.91 Å². The van der Waals surface area contributed by atoms with Gasteiger partial charge in [0.1, 0.15) is 17.4 Å². The first-order valence-electron chi connectivity index (χ1n) is 7.67. The number of ether oxygens (including phenoxy) is 2. The summed E-state index contributed by atoms with van der Waals surface area (Å²) in [6.45, 7) is 2.18. The summed E-state index contributed by atoms with van der Waals surface area (Å²) in [5.41, 5.74) is 0.671. The summed E-state index contributed by atoms with van der Waals surface area (Å²) in [4.78, 5) is 25.3. The van der Waals surface area contributed by atoms with Crippen LogP contribution in [0.4, 0.5) is 0 Å². The molecule has 1 N–H and O–H groups in total. The molecule has 25 heavy (non-hydrogen) atoms. The molecule has 0 radical (unpaired) electrons. The van der Waals surface area contributed by atoms with E-state index >= 15 is 0 Å². The number of rotatable bonds is 5. The third-order valence-electron chi connectivity index (χ3n) is 3.57. The fraction of sp³-hybridized carbons (Fsp3) is 0.353. The van der Waals surface area contributed by atoms with E-state index in [-0.39, 0.29) is 18.1 Å². The Labute approximate surface area is 154 Å². The molecular formula is C17H18BrN3O4. The number of nitrogens with zero attached hydrogens (tertiary/aromatic N) is 2. The number of benzene rings is 1. The molecule has 0 atom stereocenters. The molecule has 1 heterocycles. The van der Waals surface area contributed by atoms with Crippen molar-refractivity contribution in [2.24, 2.45) is 0 Å². The Morgan fingerprint density at radius 1 is 1.44 bits per heavy atom. The summed E-state index contributed by atoms with van der Waals surface area (Å²) >= 11 is 3.38. The van der Waals surface area contributed by atoms with Crippen LogP contribution in [0.25, 0.3) is 6.08 Å². The Morgan fingerprint density at radius 3 is 2.76 bits per heavy atom. The van der Waals surface area contributed by atoms with Crippen molar-refractivity contribution in [3.63, 3.8) is 0 Å². The molecule has 1 saturated heterocycles. The van der Waals surface area contributed by atoms with Crippen LogP contribution in [0.2, 0.25) is 0 Å². The average molecular weight is 408 g/mol. The van der Waals surface area contributed by atoms with Crippen molar-refractivity contribution in [3.8, 4) is 11.8 Å². The molecule has 1 aromatic carbocycles. The predicted octanol–water partition coefficient (Wildman–Crippen LogP) is 1.34. The van der Waals surface area contributed by atoms with Crippen LogP contribution in [0.5, 0.6) is 5.75 Å². The molecule has 0 aliphatic carbocycles. The van der Waals surface area contributed by atoms with Gasteiger partial charge in [-0.2, -0.15) is 5.26 Å². The Bertz CT molecular complexity index is 721. The average Bonchev–Trinajstić information content (AvgIpc) is 2.65. The largest absolute Gasteiger partial charge is 0.483 e. The zero-order chi connectivity index (χ0) is 18.2. The SMILES string of the molecule is CNC(=O)/C(C#N)=C\c1ccc(OCC(=O)N2CCOCC2)c(Br)c1. The van der Waals surface area contributed by atoms with Crippen molar-refractivity contribution in [1.29, 1.82) is 5.26 Å². The first kappa shape index (κ1) is 19.0. The minimum absolute atomic E-state index is 0.00515. The monoisotopic (exact) mass is 407 g/mol. The number of carbonyl (C=O) groups is 2. The summed E-state index contributed by atoms with van der Waals surface area (Å²) < 4.78 is 11.4. The molecule has 0 saturated carbocycles. The highest BCUT2D eigenvalue weighted by Crippen LogP contribution is 2.27. The third kappa shape index (κ3) is 5.31. The van der Waals surface area contributed by atoms with E-state index in [9.17, 15) is 9.59 Å². The van der Waals surface area contributed by atoms with Gasteiger partial charge in [0.2, 0.25) is 0 Å². The molecule has 1 aromatic rings. The smallest absolute Gasteiger partial charge is 0.261 e. The highest BCUT2D eigenvalue weighted by molar-refractivity contribution is 9.10. The molecule has 1 fully saturated rings. The van der Waals surface area contributed by atoms with Crippen molar-refractivity contribution < 1.29 is 19.1 Å². The van der Waals surface area contributed by atoms with Crippen LogP contribution < -0.4 is 10.1 Å². The summed E-state index contributed by atoms with van der Waals surface area (Å²) in [5.74, 6) is -0.0298. The normalized spacial score (nSPS) is 14.6. The topological polar surface area (TPSA) is 91.7 Å². The van der Waals surface area contributed by atoms with E-state index in [1.165, 1.54) is 13.1 Å². The van der Waals surface area contributed by atoms with Crippen LogP contribution in [0, 0.1) is 11.3 Å². The molecule has 0 unspecified atom stereocenters. The zero-order valence-corrected chi connectivity index (χ0v) is 15.3. The van der Waals surface area contributed by atoms with Gasteiger partial charge in [-0.25, -0.2) is 0 Å². The maximum Gasteiger partial charge on any atom is 0.261 e. The molecule has 1 aliphatic heterocycles. The second kappa shape index (κ2) is 9.20. The number of halogens is 1. The molecule has 2 rings (SSSR count). The van der Waals surface area contributed by atoms with Crippen molar-refractivity contribution in [2.75, 3.05) is 40.0 Å². The molecule has 0 aromatic heterocycles. The van der Waals surface area contributed by atoms with Crippen LogP contribution in [0.1, 0.15) is 5.56 Å². The Hall–Kier alpha value is -2.37. The number of morpholine rings is 1. The number of nitrogens with one attached hydrogen (secondary N) is 1. The molecule has 1 aliphatic rings. The molecule has 2 amide bonds. The van der Waals surface area contributed by atoms with E-state index in [1.54, 1.807) is 23.1 Å².